The molecule has 1 aromatic rings. The molecule has 1 aliphatic rings. The molecule has 0 spiro atoms. The third-order valence-electron chi connectivity index (χ3n) is 5.59. The molecule has 1 aliphatic carbocycles. The van der Waals surface area contributed by atoms with Crippen LogP contribution >= 0.6 is 0 Å². The molecule has 0 saturated carbocycles. The summed E-state index contributed by atoms with van der Waals surface area (Å²) < 4.78 is 0. The summed E-state index contributed by atoms with van der Waals surface area (Å²) in [6, 6.07) is 5.00. The number of allylic oxidation sites excluding steroid dienone is 2. The van der Waals surface area contributed by atoms with Gasteiger partial charge in [-0.25, -0.2) is 0 Å². The van der Waals surface area contributed by atoms with Crippen molar-refractivity contribution >= 4 is 0 Å². The second-order valence-corrected chi connectivity index (χ2v) is 8.32. The van der Waals surface area contributed by atoms with Gasteiger partial charge in [-0.3, -0.25) is 0 Å². The van der Waals surface area contributed by atoms with Gasteiger partial charge in [-0.2, -0.15) is 0 Å². The van der Waals surface area contributed by atoms with Crippen LogP contribution < -0.4 is 0 Å². The Bertz CT molecular complexity index is 545. The van der Waals surface area contributed by atoms with Crippen molar-refractivity contribution in [2.24, 2.45) is 5.41 Å². The van der Waals surface area contributed by atoms with Crippen molar-refractivity contribution in [2.75, 3.05) is 0 Å². The van der Waals surface area contributed by atoms with Crippen LogP contribution in [0.2, 0.25) is 0 Å². The topological polar surface area (TPSA) is 0 Å². The summed E-state index contributed by atoms with van der Waals surface area (Å²) in [4.78, 5) is 0. The molecule has 0 amide bonds. The fraction of sp³-hybridized carbons (Fsp3) is 0.680. The molecule has 142 valence electrons. The van der Waals surface area contributed by atoms with E-state index < -0.39 is 0 Å². The van der Waals surface area contributed by atoms with Crippen LogP contribution in [0.25, 0.3) is 0 Å². The lowest BCUT2D eigenvalue weighted by Gasteiger charge is -2.36. The molecule has 0 fully saturated rings. The summed E-state index contributed by atoms with van der Waals surface area (Å²) in [6.07, 6.45) is 14.2. The van der Waals surface area contributed by atoms with Gasteiger partial charge in [0.05, 0.1) is 0 Å². The minimum Gasteiger partial charge on any atom is -0.0859 e. The maximum atomic E-state index is 2.54. The predicted octanol–water partition coefficient (Wildman–Crippen LogP) is 8.00. The number of hydrogen-bond donors (Lipinski definition) is 0. The quantitative estimate of drug-likeness (QED) is 0.348. The molecule has 0 aromatic heterocycles. The number of unbranched alkanes of at least 4 members (excludes halogenated alkanes) is 2. The van der Waals surface area contributed by atoms with Gasteiger partial charge in [0.1, 0.15) is 0 Å². The van der Waals surface area contributed by atoms with Crippen molar-refractivity contribution in [1.29, 1.82) is 0 Å². The number of benzene rings is 1. The lowest BCUT2D eigenvalue weighted by atomic mass is 9.69. The van der Waals surface area contributed by atoms with Gasteiger partial charge in [0.25, 0.3) is 0 Å². The number of aryl methyl sites for hydroxylation is 2. The van der Waals surface area contributed by atoms with E-state index in [1.54, 1.807) is 22.3 Å². The van der Waals surface area contributed by atoms with E-state index in [1.807, 2.05) is 13.8 Å². The summed E-state index contributed by atoms with van der Waals surface area (Å²) in [6.45, 7) is 15.5. The molecule has 0 saturated heterocycles. The molecule has 0 radical (unpaired) electrons. The third-order valence-corrected chi connectivity index (χ3v) is 5.59. The first kappa shape index (κ1) is 22.0. The Morgan fingerprint density at radius 3 is 2.52 bits per heavy atom. The van der Waals surface area contributed by atoms with Crippen molar-refractivity contribution in [3.63, 3.8) is 0 Å². The minimum absolute atomic E-state index is 0.493. The van der Waals surface area contributed by atoms with Crippen LogP contribution in [0.4, 0.5) is 0 Å². The molecular formula is C25H42. The summed E-state index contributed by atoms with van der Waals surface area (Å²) in [5.74, 6) is 0. The van der Waals surface area contributed by atoms with Gasteiger partial charge in [-0.05, 0) is 93.4 Å². The zero-order valence-corrected chi connectivity index (χ0v) is 18.1. The first-order valence-corrected chi connectivity index (χ1v) is 10.7. The highest BCUT2D eigenvalue weighted by molar-refractivity contribution is 5.41. The Balaban J connectivity index is 0.00000151. The molecule has 0 heterocycles. The molecule has 0 nitrogen and oxygen atoms in total. The van der Waals surface area contributed by atoms with Gasteiger partial charge in [-0.15, -0.1) is 0 Å². The second kappa shape index (κ2) is 10.8. The summed E-state index contributed by atoms with van der Waals surface area (Å²) >= 11 is 0. The second-order valence-electron chi connectivity index (χ2n) is 8.32. The fourth-order valence-electron chi connectivity index (χ4n) is 4.11. The molecule has 0 heteroatoms. The maximum absolute atomic E-state index is 2.54. The minimum atomic E-state index is 0.493. The monoisotopic (exact) mass is 342 g/mol. The highest BCUT2D eigenvalue weighted by Crippen LogP contribution is 2.40. The van der Waals surface area contributed by atoms with Crippen LogP contribution in [0.3, 0.4) is 0 Å². The van der Waals surface area contributed by atoms with Crippen molar-refractivity contribution < 1.29 is 0 Å². The first-order valence-electron chi connectivity index (χ1n) is 10.7. The van der Waals surface area contributed by atoms with Crippen LogP contribution in [-0.4, -0.2) is 0 Å². The largest absolute Gasteiger partial charge is 0.0859 e. The van der Waals surface area contributed by atoms with Crippen LogP contribution in [-0.2, 0) is 19.3 Å². The van der Waals surface area contributed by atoms with Crippen molar-refractivity contribution in [1.82, 2.24) is 0 Å². The third kappa shape index (κ3) is 7.00. The Hall–Kier alpha value is -1.04. The van der Waals surface area contributed by atoms with Crippen molar-refractivity contribution in [3.8, 4) is 0 Å². The normalized spacial score (nSPS) is 18.8. The number of rotatable bonds is 7. The molecule has 2 rings (SSSR count). The average molecular weight is 343 g/mol. The molecule has 0 aliphatic heterocycles. The Morgan fingerprint density at radius 2 is 1.88 bits per heavy atom. The molecule has 1 atom stereocenters. The zero-order valence-electron chi connectivity index (χ0n) is 18.1. The van der Waals surface area contributed by atoms with Gasteiger partial charge in [-0.1, -0.05) is 64.3 Å². The Labute approximate surface area is 158 Å². The molecule has 0 bridgehead atoms. The van der Waals surface area contributed by atoms with E-state index in [2.05, 4.69) is 52.8 Å². The Kier molecular flexibility index (Phi) is 9.54. The molecule has 1 unspecified atom stereocenters. The lowest BCUT2D eigenvalue weighted by Crippen LogP contribution is -2.26. The molecule has 1 aromatic carbocycles. The maximum Gasteiger partial charge on any atom is -0.0221 e. The number of hydrogen-bond acceptors (Lipinski definition) is 0. The molecular weight excluding hydrogens is 300 g/mol. The molecule has 25 heavy (non-hydrogen) atoms. The van der Waals surface area contributed by atoms with Crippen molar-refractivity contribution in [3.05, 3.63) is 46.0 Å². The van der Waals surface area contributed by atoms with E-state index >= 15 is 0 Å². The van der Waals surface area contributed by atoms with Crippen molar-refractivity contribution in [2.45, 2.75) is 106 Å². The van der Waals surface area contributed by atoms with E-state index in [1.165, 1.54) is 63.4 Å². The van der Waals surface area contributed by atoms with Crippen LogP contribution in [0.1, 0.15) is 102 Å². The van der Waals surface area contributed by atoms with E-state index in [4.69, 9.17) is 0 Å². The lowest BCUT2D eigenvalue weighted by molar-refractivity contribution is 0.257. The summed E-state index contributed by atoms with van der Waals surface area (Å²) in [5.41, 5.74) is 8.38. The van der Waals surface area contributed by atoms with Gasteiger partial charge < -0.3 is 0 Å². The predicted molar refractivity (Wildman–Crippen MR) is 115 cm³/mol. The van der Waals surface area contributed by atoms with Crippen LogP contribution in [0, 0.1) is 12.3 Å². The van der Waals surface area contributed by atoms with Gasteiger partial charge in [0.15, 0.2) is 0 Å². The Morgan fingerprint density at radius 1 is 1.16 bits per heavy atom. The molecule has 0 N–H and O–H groups in total. The van der Waals surface area contributed by atoms with Gasteiger partial charge >= 0.3 is 0 Å². The highest BCUT2D eigenvalue weighted by atomic mass is 14.3. The van der Waals surface area contributed by atoms with Gasteiger partial charge in [0, 0.05) is 0 Å². The van der Waals surface area contributed by atoms with Gasteiger partial charge in [0.2, 0.25) is 0 Å². The van der Waals surface area contributed by atoms with Crippen LogP contribution in [0.15, 0.2) is 23.8 Å². The zero-order chi connectivity index (χ0) is 18.9. The van der Waals surface area contributed by atoms with E-state index in [9.17, 15) is 0 Å². The highest BCUT2D eigenvalue weighted by Gasteiger charge is 2.30. The van der Waals surface area contributed by atoms with Crippen LogP contribution in [0.5, 0.6) is 0 Å². The van der Waals surface area contributed by atoms with E-state index in [0.717, 1.165) is 0 Å². The number of fused-ring (bicyclic) bond motifs is 1. The summed E-state index contributed by atoms with van der Waals surface area (Å²) in [7, 11) is 0. The fourth-order valence-corrected chi connectivity index (χ4v) is 4.11. The van der Waals surface area contributed by atoms with E-state index in [0.29, 0.717) is 5.41 Å². The summed E-state index contributed by atoms with van der Waals surface area (Å²) in [5, 5.41) is 0. The smallest absolute Gasteiger partial charge is 0.0221 e. The van der Waals surface area contributed by atoms with E-state index in [-0.39, 0.29) is 0 Å². The standard InChI is InChI=1S/C23H36.C2H6/c1-6-7-8-11-20-15-19(4)22-12-14-23(5,17-21(22)16-20)13-9-10-18(2)3;1-2/h10,15-16H,6-9,11-14,17H2,1-5H3;1-2H3. The first-order chi connectivity index (χ1) is 11.9. The SMILES string of the molecule is CC.CCCCCc1cc(C)c2c(c1)CC(C)(CCC=C(C)C)CC2. The average Bonchev–Trinajstić information content (AvgIpc) is 2.56.